The number of anilines is 5. The van der Waals surface area contributed by atoms with E-state index in [1.54, 1.807) is 0 Å². The van der Waals surface area contributed by atoms with Crippen LogP contribution in [-0.4, -0.2) is 41.1 Å². The Balaban J connectivity index is 1.02. The molecule has 1 aliphatic rings. The van der Waals surface area contributed by atoms with Gasteiger partial charge in [0.25, 0.3) is 11.8 Å². The van der Waals surface area contributed by atoms with E-state index in [1.807, 2.05) is 97.9 Å². The zero-order valence-corrected chi connectivity index (χ0v) is 24.3. The van der Waals surface area contributed by atoms with Crippen LogP contribution in [0.15, 0.2) is 91.0 Å². The van der Waals surface area contributed by atoms with Crippen molar-refractivity contribution in [2.75, 3.05) is 33.9 Å². The predicted octanol–water partition coefficient (Wildman–Crippen LogP) is 6.99. The number of carbonyl (C=O) groups excluding carboxylic acids is 2. The summed E-state index contributed by atoms with van der Waals surface area (Å²) in [5.74, 6) is -0.325. The molecule has 2 amide bonds. The number of nitrogens with zero attached hydrogens (tertiary/aromatic N) is 1. The molecule has 5 aromatic rings. The van der Waals surface area contributed by atoms with Gasteiger partial charge in [0.15, 0.2) is 0 Å². The van der Waals surface area contributed by atoms with E-state index in [0.29, 0.717) is 22.5 Å². The number of hydrogen-bond donors (Lipinski definition) is 5. The molecule has 218 valence electrons. The second-order valence-electron chi connectivity index (χ2n) is 11.1. The zero-order valence-electron chi connectivity index (χ0n) is 24.3. The van der Waals surface area contributed by atoms with Crippen LogP contribution in [0.2, 0.25) is 0 Å². The molecule has 0 atom stereocenters. The minimum absolute atomic E-state index is 0.155. The highest BCUT2D eigenvalue weighted by atomic mass is 16.3. The molecular weight excluding hydrogens is 538 g/mol. The Morgan fingerprint density at radius 2 is 1.23 bits per heavy atom. The third-order valence-electron chi connectivity index (χ3n) is 8.10. The number of amides is 2. The van der Waals surface area contributed by atoms with Gasteiger partial charge in [-0.1, -0.05) is 0 Å². The van der Waals surface area contributed by atoms with Crippen LogP contribution < -0.4 is 20.9 Å². The average molecular weight is 574 g/mol. The van der Waals surface area contributed by atoms with Crippen molar-refractivity contribution in [3.05, 3.63) is 113 Å². The third kappa shape index (κ3) is 6.39. The Morgan fingerprint density at radius 1 is 0.721 bits per heavy atom. The smallest absolute Gasteiger partial charge is 0.255 e. The number of aromatic amines is 1. The van der Waals surface area contributed by atoms with Gasteiger partial charge in [-0.15, -0.1) is 0 Å². The van der Waals surface area contributed by atoms with Crippen molar-refractivity contribution < 1.29 is 14.7 Å². The van der Waals surface area contributed by atoms with Gasteiger partial charge in [0.1, 0.15) is 0 Å². The number of carbonyl (C=O) groups is 2. The summed E-state index contributed by atoms with van der Waals surface area (Å²) in [6.45, 7) is 5.72. The number of benzene rings is 4. The first-order valence-corrected chi connectivity index (χ1v) is 14.5. The summed E-state index contributed by atoms with van der Waals surface area (Å²) in [5.41, 5.74) is 8.70. The molecule has 0 aliphatic carbocycles. The van der Waals surface area contributed by atoms with Gasteiger partial charge in [-0.2, -0.15) is 0 Å². The van der Waals surface area contributed by atoms with Gasteiger partial charge in [-0.3, -0.25) is 9.59 Å². The van der Waals surface area contributed by atoms with Crippen LogP contribution in [0.3, 0.4) is 0 Å². The van der Waals surface area contributed by atoms with Crippen molar-refractivity contribution in [3.8, 4) is 0 Å². The number of fused-ring (bicyclic) bond motifs is 1. The molecule has 0 spiro atoms. The molecule has 0 unspecified atom stereocenters. The van der Waals surface area contributed by atoms with Crippen LogP contribution in [0.1, 0.15) is 44.8 Å². The summed E-state index contributed by atoms with van der Waals surface area (Å²) in [7, 11) is 0. The first-order chi connectivity index (χ1) is 20.8. The summed E-state index contributed by atoms with van der Waals surface area (Å²) in [4.78, 5) is 31.2. The van der Waals surface area contributed by atoms with E-state index in [9.17, 15) is 14.7 Å². The lowest BCUT2D eigenvalue weighted by Gasteiger charge is -2.31. The fourth-order valence-corrected chi connectivity index (χ4v) is 5.40. The van der Waals surface area contributed by atoms with E-state index in [0.717, 1.165) is 65.2 Å². The molecule has 43 heavy (non-hydrogen) atoms. The van der Waals surface area contributed by atoms with E-state index in [2.05, 4.69) is 32.8 Å². The van der Waals surface area contributed by atoms with Gasteiger partial charge in [0, 0.05) is 69.3 Å². The van der Waals surface area contributed by atoms with Crippen molar-refractivity contribution in [2.24, 2.45) is 0 Å². The number of hydrogen-bond acceptors (Lipinski definition) is 5. The van der Waals surface area contributed by atoms with E-state index in [-0.39, 0.29) is 17.9 Å². The van der Waals surface area contributed by atoms with Gasteiger partial charge in [-0.25, -0.2) is 0 Å². The standard InChI is InChI=1S/C35H35N5O3/c1-22-23(2)36-33-16-5-25(21-32(22)33)35(43)39-29-12-8-27(9-13-29)37-26-6-10-28(11-7-26)38-34(42)24-3-14-30(15-4-24)40-19-17-31(41)18-20-40/h3-16,21,31,36-37,41H,17-20H2,1-2H3,(H,38,42)(H,39,43). The van der Waals surface area contributed by atoms with Crippen LogP contribution in [0.5, 0.6) is 0 Å². The van der Waals surface area contributed by atoms with E-state index < -0.39 is 0 Å². The lowest BCUT2D eigenvalue weighted by atomic mass is 10.1. The van der Waals surface area contributed by atoms with E-state index in [4.69, 9.17) is 0 Å². The Morgan fingerprint density at radius 3 is 1.81 bits per heavy atom. The molecular formula is C35H35N5O3. The highest BCUT2D eigenvalue weighted by molar-refractivity contribution is 6.07. The maximum atomic E-state index is 12.9. The van der Waals surface area contributed by atoms with Crippen LogP contribution in [0.4, 0.5) is 28.4 Å². The van der Waals surface area contributed by atoms with E-state index in [1.165, 1.54) is 0 Å². The molecule has 1 fully saturated rings. The Hall–Kier alpha value is -5.08. The van der Waals surface area contributed by atoms with Crippen molar-refractivity contribution >= 4 is 51.2 Å². The van der Waals surface area contributed by atoms with Gasteiger partial charge in [-0.05, 0) is 123 Å². The zero-order chi connectivity index (χ0) is 29.9. The number of aliphatic hydroxyl groups is 1. The average Bonchev–Trinajstić information content (AvgIpc) is 3.31. The topological polar surface area (TPSA) is 109 Å². The third-order valence-corrected chi connectivity index (χ3v) is 8.10. The summed E-state index contributed by atoms with van der Waals surface area (Å²) in [6, 6.07) is 28.3. The molecule has 6 rings (SSSR count). The van der Waals surface area contributed by atoms with Crippen molar-refractivity contribution in [1.29, 1.82) is 0 Å². The molecule has 2 heterocycles. The van der Waals surface area contributed by atoms with Crippen LogP contribution >= 0.6 is 0 Å². The first kappa shape index (κ1) is 28.1. The second-order valence-corrected chi connectivity index (χ2v) is 11.1. The van der Waals surface area contributed by atoms with Crippen molar-refractivity contribution in [2.45, 2.75) is 32.8 Å². The van der Waals surface area contributed by atoms with Gasteiger partial charge in [0.2, 0.25) is 0 Å². The Bertz CT molecular complexity index is 1750. The summed E-state index contributed by atoms with van der Waals surface area (Å²) in [6.07, 6.45) is 1.32. The molecule has 1 saturated heterocycles. The largest absolute Gasteiger partial charge is 0.393 e. The molecule has 5 N–H and O–H groups in total. The summed E-state index contributed by atoms with van der Waals surface area (Å²) < 4.78 is 0. The van der Waals surface area contributed by atoms with Gasteiger partial charge < -0.3 is 30.9 Å². The van der Waals surface area contributed by atoms with Gasteiger partial charge in [0.05, 0.1) is 6.10 Å². The van der Waals surface area contributed by atoms with Gasteiger partial charge >= 0.3 is 0 Å². The minimum Gasteiger partial charge on any atom is -0.393 e. The molecule has 1 aliphatic heterocycles. The quantitative estimate of drug-likeness (QED) is 0.144. The molecule has 1 aromatic heterocycles. The highest BCUT2D eigenvalue weighted by Gasteiger charge is 2.17. The Kier molecular flexibility index (Phi) is 7.85. The summed E-state index contributed by atoms with van der Waals surface area (Å²) >= 11 is 0. The van der Waals surface area contributed by atoms with E-state index >= 15 is 0 Å². The normalized spacial score (nSPS) is 13.6. The number of aliphatic hydroxyl groups excluding tert-OH is 1. The highest BCUT2D eigenvalue weighted by Crippen LogP contribution is 2.25. The number of piperidine rings is 1. The lowest BCUT2D eigenvalue weighted by molar-refractivity contribution is 0.101. The van der Waals surface area contributed by atoms with Crippen LogP contribution in [0.25, 0.3) is 10.9 Å². The van der Waals surface area contributed by atoms with Crippen molar-refractivity contribution in [3.63, 3.8) is 0 Å². The van der Waals surface area contributed by atoms with Crippen molar-refractivity contribution in [1.82, 2.24) is 4.98 Å². The maximum absolute atomic E-state index is 12.9. The number of rotatable bonds is 7. The minimum atomic E-state index is -0.214. The number of aromatic nitrogens is 1. The molecule has 4 aromatic carbocycles. The maximum Gasteiger partial charge on any atom is 0.255 e. The first-order valence-electron chi connectivity index (χ1n) is 14.5. The number of aryl methyl sites for hydroxylation is 2. The Labute approximate surface area is 250 Å². The van der Waals surface area contributed by atoms with Crippen LogP contribution in [0, 0.1) is 13.8 Å². The molecule has 0 bridgehead atoms. The molecule has 8 heteroatoms. The second kappa shape index (κ2) is 12.0. The molecule has 0 saturated carbocycles. The number of nitrogens with one attached hydrogen (secondary N) is 4. The molecule has 0 radical (unpaired) electrons. The monoisotopic (exact) mass is 573 g/mol. The summed E-state index contributed by atoms with van der Waals surface area (Å²) in [5, 5.41) is 20.1. The SMILES string of the molecule is Cc1[nH]c2ccc(C(=O)Nc3ccc(Nc4ccc(NC(=O)c5ccc(N6CCC(O)CC6)cc5)cc4)cc3)cc2c1C. The fourth-order valence-electron chi connectivity index (χ4n) is 5.40. The molecule has 8 nitrogen and oxygen atoms in total. The number of H-pyrrole nitrogens is 1. The lowest BCUT2D eigenvalue weighted by Crippen LogP contribution is -2.35. The fraction of sp³-hybridized carbons (Fsp3) is 0.200. The van der Waals surface area contributed by atoms with Crippen LogP contribution in [-0.2, 0) is 0 Å². The predicted molar refractivity (Wildman–Crippen MR) is 174 cm³/mol.